The van der Waals surface area contributed by atoms with Crippen LogP contribution in [-0.4, -0.2) is 58.8 Å². The number of carbonyl (C=O) groups is 1. The summed E-state index contributed by atoms with van der Waals surface area (Å²) >= 11 is 0. The molecule has 4 unspecified atom stereocenters. The number of amides is 1. The van der Waals surface area contributed by atoms with Crippen LogP contribution in [0, 0.1) is 17.3 Å². The Morgan fingerprint density at radius 3 is 2.63 bits per heavy atom. The molecule has 1 saturated carbocycles. The van der Waals surface area contributed by atoms with Gasteiger partial charge in [-0.25, -0.2) is 4.98 Å². The van der Waals surface area contributed by atoms with Gasteiger partial charge in [0.05, 0.1) is 18.1 Å². The molecule has 1 aromatic heterocycles. The number of unbranched alkanes of at least 4 members (excludes halogenated alkanes) is 2. The lowest BCUT2D eigenvalue weighted by Gasteiger charge is -2.35. The molecule has 1 aromatic carbocycles. The number of fused-ring (bicyclic) bond motifs is 1. The van der Waals surface area contributed by atoms with E-state index in [1.165, 1.54) is 0 Å². The highest BCUT2D eigenvalue weighted by molar-refractivity contribution is 5.82. The average molecular weight is 581 g/mol. The second kappa shape index (κ2) is 12.7. The summed E-state index contributed by atoms with van der Waals surface area (Å²) < 4.78 is 44.0. The van der Waals surface area contributed by atoms with Crippen LogP contribution in [0.4, 0.5) is 13.2 Å². The summed E-state index contributed by atoms with van der Waals surface area (Å²) in [5.74, 6) is 0.279. The minimum atomic E-state index is -4.24. The van der Waals surface area contributed by atoms with Crippen molar-refractivity contribution >= 4 is 16.9 Å². The van der Waals surface area contributed by atoms with Gasteiger partial charge in [-0.05, 0) is 68.4 Å². The fourth-order valence-corrected chi connectivity index (χ4v) is 5.78. The number of hydroxylamine groups is 1. The number of likely N-dealkylation sites (tertiary alicyclic amines) is 1. The number of nitrogens with one attached hydrogen (secondary N) is 2. The average Bonchev–Trinajstić information content (AvgIpc) is 3.54. The molecule has 0 spiro atoms. The van der Waals surface area contributed by atoms with E-state index in [2.05, 4.69) is 15.4 Å². The highest BCUT2D eigenvalue weighted by atomic mass is 19.4. The van der Waals surface area contributed by atoms with Crippen LogP contribution in [0.3, 0.4) is 0 Å². The molecule has 0 bridgehead atoms. The van der Waals surface area contributed by atoms with Gasteiger partial charge in [0, 0.05) is 31.1 Å². The summed E-state index contributed by atoms with van der Waals surface area (Å²) in [6.45, 7) is 7.73. The van der Waals surface area contributed by atoms with Crippen molar-refractivity contribution in [2.24, 2.45) is 17.3 Å². The van der Waals surface area contributed by atoms with E-state index in [1.54, 1.807) is 25.0 Å². The number of halogens is 3. The number of hydrogen-bond donors (Lipinski definition) is 2. The van der Waals surface area contributed by atoms with Gasteiger partial charge in [-0.3, -0.25) is 14.4 Å². The van der Waals surface area contributed by atoms with Crippen molar-refractivity contribution in [3.05, 3.63) is 34.2 Å². The second-order valence-electron chi connectivity index (χ2n) is 12.7. The Kier molecular flexibility index (Phi) is 9.68. The summed E-state index contributed by atoms with van der Waals surface area (Å²) in [6.07, 6.45) is -0.116. The van der Waals surface area contributed by atoms with Crippen LogP contribution in [0.1, 0.15) is 78.3 Å². The Morgan fingerprint density at radius 1 is 1.20 bits per heavy atom. The third kappa shape index (κ3) is 8.22. The Balaban J connectivity index is 1.19. The maximum absolute atomic E-state index is 13.4. The van der Waals surface area contributed by atoms with Crippen LogP contribution in [-0.2, 0) is 16.1 Å². The minimum absolute atomic E-state index is 0.156. The summed E-state index contributed by atoms with van der Waals surface area (Å²) in [5, 5.41) is 0. The number of methoxy groups -OCH3 is 1. The highest BCUT2D eigenvalue weighted by Gasteiger charge is 2.46. The number of hydrogen-bond acceptors (Lipinski definition) is 6. The van der Waals surface area contributed by atoms with Crippen LogP contribution in [0.15, 0.2) is 23.0 Å². The molecule has 8 nitrogen and oxygen atoms in total. The first-order chi connectivity index (χ1) is 19.3. The lowest BCUT2D eigenvalue weighted by Crippen LogP contribution is -2.50. The number of aromatic amines is 1. The molecular formula is C30H43F3N4O4. The third-order valence-electron chi connectivity index (χ3n) is 8.42. The zero-order chi connectivity index (χ0) is 29.9. The standard InChI is InChI=1S/C30H43F3N4O4/c1-18-20(17-30(31,32)33)13-14-37(18)28(39)26(29(2,3)4)41-36-24-15-19(24)9-7-6-8-10-23-27(38)35-25-16-21(40-5)11-12-22(25)34-23/h11-12,16,18-20,24,26,36H,6-10,13-15,17H2,1-5H3,(H,35,38)/t18?,19?,20?,24?,26-/m1/s1. The monoisotopic (exact) mass is 580 g/mol. The maximum Gasteiger partial charge on any atom is 0.389 e. The molecule has 2 fully saturated rings. The number of H-pyrrole nitrogens is 1. The van der Waals surface area contributed by atoms with E-state index in [9.17, 15) is 22.8 Å². The number of aryl methyl sites for hydroxylation is 1. The maximum atomic E-state index is 13.4. The van der Waals surface area contributed by atoms with Crippen molar-refractivity contribution in [3.63, 3.8) is 0 Å². The number of aromatic nitrogens is 2. The second-order valence-corrected chi connectivity index (χ2v) is 12.7. The van der Waals surface area contributed by atoms with Crippen molar-refractivity contribution in [3.8, 4) is 5.75 Å². The van der Waals surface area contributed by atoms with Crippen LogP contribution in [0.2, 0.25) is 0 Å². The number of benzene rings is 1. The predicted octanol–water partition coefficient (Wildman–Crippen LogP) is 5.55. The van der Waals surface area contributed by atoms with E-state index in [4.69, 9.17) is 9.57 Å². The van der Waals surface area contributed by atoms with Gasteiger partial charge >= 0.3 is 6.18 Å². The van der Waals surface area contributed by atoms with E-state index in [0.717, 1.165) is 37.6 Å². The Labute approximate surface area is 239 Å². The first-order valence-electron chi connectivity index (χ1n) is 14.6. The number of rotatable bonds is 12. The molecule has 1 aliphatic heterocycles. The van der Waals surface area contributed by atoms with Crippen LogP contribution in [0.25, 0.3) is 11.0 Å². The van der Waals surface area contributed by atoms with Gasteiger partial charge in [0.1, 0.15) is 11.4 Å². The molecule has 11 heteroatoms. The topological polar surface area (TPSA) is 96.5 Å². The van der Waals surface area contributed by atoms with Crippen molar-refractivity contribution in [2.45, 2.75) is 103 Å². The number of carbonyl (C=O) groups excluding carboxylic acids is 1. The molecule has 1 saturated heterocycles. The summed E-state index contributed by atoms with van der Waals surface area (Å²) in [5.41, 5.74) is 4.33. The van der Waals surface area contributed by atoms with Crippen molar-refractivity contribution < 1.29 is 27.5 Å². The van der Waals surface area contributed by atoms with Gasteiger partial charge < -0.3 is 14.6 Å². The van der Waals surface area contributed by atoms with Gasteiger partial charge in [-0.15, -0.1) is 0 Å². The van der Waals surface area contributed by atoms with Crippen LogP contribution >= 0.6 is 0 Å². The molecular weight excluding hydrogens is 537 g/mol. The van der Waals surface area contributed by atoms with E-state index < -0.39 is 36.1 Å². The molecule has 1 amide bonds. The third-order valence-corrected chi connectivity index (χ3v) is 8.42. The Morgan fingerprint density at radius 2 is 1.95 bits per heavy atom. The molecule has 4 rings (SSSR count). The fraction of sp³-hybridized carbons (Fsp3) is 0.700. The summed E-state index contributed by atoms with van der Waals surface area (Å²) in [6, 6.07) is 5.10. The Bertz CT molecular complexity index is 1260. The number of ether oxygens (including phenoxy) is 1. The molecule has 2 heterocycles. The van der Waals surface area contributed by atoms with E-state index in [-0.39, 0.29) is 17.5 Å². The van der Waals surface area contributed by atoms with Gasteiger partial charge in [-0.1, -0.05) is 33.6 Å². The van der Waals surface area contributed by atoms with E-state index >= 15 is 0 Å². The first kappa shape index (κ1) is 31.3. The van der Waals surface area contributed by atoms with Gasteiger partial charge in [0.25, 0.3) is 11.5 Å². The lowest BCUT2D eigenvalue weighted by molar-refractivity contribution is -0.163. The summed E-state index contributed by atoms with van der Waals surface area (Å²) in [7, 11) is 1.58. The first-order valence-corrected chi connectivity index (χ1v) is 14.6. The molecule has 0 radical (unpaired) electrons. The summed E-state index contributed by atoms with van der Waals surface area (Å²) in [4.78, 5) is 40.7. The lowest BCUT2D eigenvalue weighted by atomic mass is 9.88. The minimum Gasteiger partial charge on any atom is -0.497 e. The fourth-order valence-electron chi connectivity index (χ4n) is 5.78. The molecule has 228 valence electrons. The van der Waals surface area contributed by atoms with Crippen LogP contribution < -0.4 is 15.8 Å². The van der Waals surface area contributed by atoms with Crippen molar-refractivity contribution in [1.29, 1.82) is 0 Å². The zero-order valence-corrected chi connectivity index (χ0v) is 24.6. The molecule has 41 heavy (non-hydrogen) atoms. The predicted molar refractivity (Wildman–Crippen MR) is 150 cm³/mol. The van der Waals surface area contributed by atoms with E-state index in [0.29, 0.717) is 42.3 Å². The normalized spacial score (nSPS) is 23.7. The largest absolute Gasteiger partial charge is 0.497 e. The smallest absolute Gasteiger partial charge is 0.389 e. The quantitative estimate of drug-likeness (QED) is 0.253. The number of nitrogens with zero attached hydrogens (tertiary/aromatic N) is 2. The molecule has 1 aliphatic carbocycles. The van der Waals surface area contributed by atoms with E-state index in [1.807, 2.05) is 32.9 Å². The molecule has 2 N–H and O–H groups in total. The molecule has 2 aliphatic rings. The van der Waals surface area contributed by atoms with Gasteiger partial charge in [0.15, 0.2) is 6.10 Å². The molecule has 5 atom stereocenters. The van der Waals surface area contributed by atoms with Crippen LogP contribution in [0.5, 0.6) is 5.75 Å². The number of alkyl halides is 3. The SMILES string of the molecule is COc1ccc2nc(CCCCCC3CC3NO[C@H](C(=O)N3CCC(CC(F)(F)F)C3C)C(C)(C)C)c(=O)[nH]c2c1. The highest BCUT2D eigenvalue weighted by Crippen LogP contribution is 2.38. The van der Waals surface area contributed by atoms with Gasteiger partial charge in [0.2, 0.25) is 0 Å². The van der Waals surface area contributed by atoms with Crippen molar-refractivity contribution in [1.82, 2.24) is 20.3 Å². The van der Waals surface area contributed by atoms with Gasteiger partial charge in [-0.2, -0.15) is 18.7 Å². The van der Waals surface area contributed by atoms with Crippen molar-refractivity contribution in [2.75, 3.05) is 13.7 Å². The molecule has 2 aromatic rings. The Hall–Kier alpha value is -2.66. The zero-order valence-electron chi connectivity index (χ0n) is 24.6.